The Hall–Kier alpha value is -2.49. The van der Waals surface area contributed by atoms with Crippen LogP contribution in [0.15, 0.2) is 48.8 Å². The molecule has 1 aromatic heterocycles. The van der Waals surface area contributed by atoms with Crippen LogP contribution in [0, 0.1) is 5.41 Å². The molecule has 5 rings (SSSR count). The quantitative estimate of drug-likeness (QED) is 0.239. The molecule has 3 aliphatic carbocycles. The minimum absolute atomic E-state index is 0.370. The number of esters is 1. The number of carbonyl (C=O) groups is 1. The van der Waals surface area contributed by atoms with Gasteiger partial charge in [-0.25, -0.2) is 14.8 Å². The van der Waals surface area contributed by atoms with Gasteiger partial charge in [0.25, 0.3) is 0 Å². The Balaban J connectivity index is 1.37. The fourth-order valence-electron chi connectivity index (χ4n) is 5.74. The van der Waals surface area contributed by atoms with Crippen LogP contribution < -0.4 is 4.74 Å². The summed E-state index contributed by atoms with van der Waals surface area (Å²) in [6, 6.07) is 8.85. The first kappa shape index (κ1) is 22.7. The van der Waals surface area contributed by atoms with Crippen molar-refractivity contribution in [2.24, 2.45) is 5.41 Å². The van der Waals surface area contributed by atoms with Crippen molar-refractivity contribution in [1.29, 1.82) is 0 Å². The zero-order valence-electron chi connectivity index (χ0n) is 19.6. The lowest BCUT2D eigenvalue weighted by Crippen LogP contribution is -2.44. The molecule has 32 heavy (non-hydrogen) atoms. The third-order valence-electron chi connectivity index (χ3n) is 7.76. The van der Waals surface area contributed by atoms with Gasteiger partial charge in [-0.2, -0.15) is 0 Å². The molecule has 3 fully saturated rings. The van der Waals surface area contributed by atoms with Crippen molar-refractivity contribution >= 4 is 5.97 Å². The van der Waals surface area contributed by atoms with Crippen molar-refractivity contribution in [3.8, 4) is 17.1 Å². The van der Waals surface area contributed by atoms with Gasteiger partial charge in [0, 0.05) is 11.6 Å². The standard InChI is InChI=1S/C28H36N2O2/c1-3-5-6-7-8-25(31)32-24-20-29-26(30-21-24)22-9-11-23(12-10-22)28-17-14-27(13-4-2,15-18-28)16-19-28/h7-12,20-21H,3-6,13-19H2,1-2H3. The second-order valence-corrected chi connectivity index (χ2v) is 9.82. The second-order valence-electron chi connectivity index (χ2n) is 9.82. The van der Waals surface area contributed by atoms with Crippen LogP contribution in [0.5, 0.6) is 5.75 Å². The van der Waals surface area contributed by atoms with E-state index in [4.69, 9.17) is 4.74 Å². The Bertz CT molecular complexity index is 906. The van der Waals surface area contributed by atoms with E-state index in [1.54, 1.807) is 12.4 Å². The van der Waals surface area contributed by atoms with Gasteiger partial charge in [0.05, 0.1) is 12.4 Å². The lowest BCUT2D eigenvalue weighted by atomic mass is 9.51. The van der Waals surface area contributed by atoms with Crippen LogP contribution in [0.4, 0.5) is 0 Å². The van der Waals surface area contributed by atoms with Crippen LogP contribution >= 0.6 is 0 Å². The number of hydrogen-bond donors (Lipinski definition) is 0. The molecule has 0 N–H and O–H groups in total. The first-order valence-electron chi connectivity index (χ1n) is 12.4. The summed E-state index contributed by atoms with van der Waals surface area (Å²) >= 11 is 0. The molecule has 1 aromatic carbocycles. The Labute approximate surface area is 192 Å². The van der Waals surface area contributed by atoms with Gasteiger partial charge in [-0.3, -0.25) is 0 Å². The molecule has 3 saturated carbocycles. The maximum Gasteiger partial charge on any atom is 0.335 e. The van der Waals surface area contributed by atoms with E-state index in [-0.39, 0.29) is 5.97 Å². The summed E-state index contributed by atoms with van der Waals surface area (Å²) in [4.78, 5) is 20.7. The Kier molecular flexibility index (Phi) is 7.07. The van der Waals surface area contributed by atoms with Crippen LogP contribution in [-0.4, -0.2) is 15.9 Å². The van der Waals surface area contributed by atoms with Crippen LogP contribution in [0.25, 0.3) is 11.4 Å². The zero-order valence-corrected chi connectivity index (χ0v) is 19.6. The molecule has 2 aromatic rings. The normalized spacial score (nSPS) is 24.7. The van der Waals surface area contributed by atoms with Gasteiger partial charge in [-0.15, -0.1) is 0 Å². The Morgan fingerprint density at radius 1 is 0.969 bits per heavy atom. The molecular formula is C28H36N2O2. The number of rotatable bonds is 9. The Morgan fingerprint density at radius 3 is 2.22 bits per heavy atom. The highest BCUT2D eigenvalue weighted by atomic mass is 16.5. The van der Waals surface area contributed by atoms with E-state index in [1.165, 1.54) is 63.0 Å². The van der Waals surface area contributed by atoms with Gasteiger partial charge in [0.2, 0.25) is 0 Å². The molecule has 4 heteroatoms. The number of ether oxygens (including phenoxy) is 1. The number of fused-ring (bicyclic) bond motifs is 3. The van der Waals surface area contributed by atoms with Gasteiger partial charge < -0.3 is 4.74 Å². The van der Waals surface area contributed by atoms with Crippen molar-refractivity contribution in [3.05, 3.63) is 54.4 Å². The van der Waals surface area contributed by atoms with Crippen LogP contribution in [0.1, 0.15) is 90.0 Å². The summed E-state index contributed by atoms with van der Waals surface area (Å²) in [5.41, 5.74) is 3.49. The third-order valence-corrected chi connectivity index (χ3v) is 7.76. The highest BCUT2D eigenvalue weighted by Crippen LogP contribution is 2.59. The molecule has 0 atom stereocenters. The lowest BCUT2D eigenvalue weighted by Gasteiger charge is -2.54. The predicted octanol–water partition coefficient (Wildman–Crippen LogP) is 7.19. The fraction of sp³-hybridized carbons (Fsp3) is 0.536. The molecule has 1 heterocycles. The van der Waals surface area contributed by atoms with E-state index in [2.05, 4.69) is 48.1 Å². The minimum atomic E-state index is -0.385. The smallest absolute Gasteiger partial charge is 0.335 e. The van der Waals surface area contributed by atoms with E-state index < -0.39 is 0 Å². The van der Waals surface area contributed by atoms with Crippen molar-refractivity contribution in [2.75, 3.05) is 0 Å². The first-order valence-corrected chi connectivity index (χ1v) is 12.4. The molecule has 0 amide bonds. The van der Waals surface area contributed by atoms with Gasteiger partial charge in [-0.1, -0.05) is 63.5 Å². The van der Waals surface area contributed by atoms with Crippen molar-refractivity contribution in [2.45, 2.75) is 89.9 Å². The van der Waals surface area contributed by atoms with E-state index in [1.807, 2.05) is 6.08 Å². The molecule has 0 saturated heterocycles. The topological polar surface area (TPSA) is 52.1 Å². The molecule has 2 bridgehead atoms. The largest absolute Gasteiger partial charge is 0.420 e. The molecule has 170 valence electrons. The number of hydrogen-bond acceptors (Lipinski definition) is 4. The van der Waals surface area contributed by atoms with Crippen molar-refractivity contribution in [3.63, 3.8) is 0 Å². The summed E-state index contributed by atoms with van der Waals surface area (Å²) in [5, 5.41) is 0. The Morgan fingerprint density at radius 2 is 1.62 bits per heavy atom. The van der Waals surface area contributed by atoms with E-state index >= 15 is 0 Å². The van der Waals surface area contributed by atoms with Crippen LogP contribution in [0.3, 0.4) is 0 Å². The van der Waals surface area contributed by atoms with Gasteiger partial charge >= 0.3 is 5.97 Å². The molecule has 0 radical (unpaired) electrons. The van der Waals surface area contributed by atoms with Gasteiger partial charge in [-0.05, 0) is 67.8 Å². The monoisotopic (exact) mass is 432 g/mol. The summed E-state index contributed by atoms with van der Waals surface area (Å²) < 4.78 is 5.29. The maximum atomic E-state index is 11.9. The average molecular weight is 433 g/mol. The van der Waals surface area contributed by atoms with Crippen LogP contribution in [0.2, 0.25) is 0 Å². The number of carbonyl (C=O) groups excluding carboxylic acids is 1. The number of allylic oxidation sites excluding steroid dienone is 1. The molecule has 0 aliphatic heterocycles. The van der Waals surface area contributed by atoms with Gasteiger partial charge in [0.15, 0.2) is 11.6 Å². The number of benzene rings is 1. The second kappa shape index (κ2) is 9.97. The summed E-state index contributed by atoms with van der Waals surface area (Å²) in [6.45, 7) is 4.45. The molecule has 0 unspecified atom stereocenters. The van der Waals surface area contributed by atoms with E-state index in [0.29, 0.717) is 22.4 Å². The van der Waals surface area contributed by atoms with Gasteiger partial charge in [0.1, 0.15) is 0 Å². The number of nitrogens with zero attached hydrogens (tertiary/aromatic N) is 2. The summed E-state index contributed by atoms with van der Waals surface area (Å²) in [7, 11) is 0. The summed E-state index contributed by atoms with van der Waals surface area (Å²) in [5.74, 6) is 0.639. The molecule has 4 nitrogen and oxygen atoms in total. The predicted molar refractivity (Wildman–Crippen MR) is 128 cm³/mol. The molecular weight excluding hydrogens is 396 g/mol. The maximum absolute atomic E-state index is 11.9. The number of aromatic nitrogens is 2. The average Bonchev–Trinajstić information content (AvgIpc) is 2.84. The lowest BCUT2D eigenvalue weighted by molar-refractivity contribution is -0.129. The highest BCUT2D eigenvalue weighted by molar-refractivity contribution is 5.83. The van der Waals surface area contributed by atoms with Crippen molar-refractivity contribution < 1.29 is 9.53 Å². The van der Waals surface area contributed by atoms with E-state index in [0.717, 1.165) is 24.8 Å². The fourth-order valence-corrected chi connectivity index (χ4v) is 5.74. The highest BCUT2D eigenvalue weighted by Gasteiger charge is 2.48. The molecule has 0 spiro atoms. The first-order chi connectivity index (χ1) is 15.6. The van der Waals surface area contributed by atoms with Crippen molar-refractivity contribution in [1.82, 2.24) is 9.97 Å². The number of unbranched alkanes of at least 4 members (excludes halogenated alkanes) is 2. The third kappa shape index (κ3) is 4.95. The zero-order chi connectivity index (χ0) is 22.4. The minimum Gasteiger partial charge on any atom is -0.420 e. The summed E-state index contributed by atoms with van der Waals surface area (Å²) in [6.07, 6.45) is 20.4. The molecule has 3 aliphatic rings. The van der Waals surface area contributed by atoms with Crippen LogP contribution in [-0.2, 0) is 10.2 Å². The van der Waals surface area contributed by atoms with E-state index in [9.17, 15) is 4.79 Å². The SMILES string of the molecule is CCCCC=CC(=O)Oc1cnc(-c2ccc(C34CCC(CCC)(CC3)CC4)cc2)nc1.